The Morgan fingerprint density at radius 2 is 2.00 bits per heavy atom. The van der Waals surface area contributed by atoms with E-state index in [9.17, 15) is 22.0 Å². The van der Waals surface area contributed by atoms with E-state index in [-0.39, 0.29) is 0 Å². The Labute approximate surface area is 119 Å². The summed E-state index contributed by atoms with van der Waals surface area (Å²) in [4.78, 5) is 12.7. The van der Waals surface area contributed by atoms with Crippen molar-refractivity contribution in [1.82, 2.24) is 4.90 Å². The average molecular weight is 324 g/mol. The van der Waals surface area contributed by atoms with Crippen LogP contribution in [0.3, 0.4) is 0 Å². The number of nitrogens with zero attached hydrogens (tertiary/aromatic N) is 1. The van der Waals surface area contributed by atoms with Crippen molar-refractivity contribution in [2.75, 3.05) is 13.6 Å². The lowest BCUT2D eigenvalue weighted by Crippen LogP contribution is -2.29. The maximum absolute atomic E-state index is 13.7. The summed E-state index contributed by atoms with van der Waals surface area (Å²) in [7, 11) is 2.31. The van der Waals surface area contributed by atoms with Gasteiger partial charge in [-0.25, -0.2) is 17.2 Å². The van der Waals surface area contributed by atoms with Gasteiger partial charge in [0.1, 0.15) is 0 Å². The summed E-state index contributed by atoms with van der Waals surface area (Å²) in [5, 5.41) is 0. The van der Waals surface area contributed by atoms with E-state index in [1.807, 2.05) is 0 Å². The van der Waals surface area contributed by atoms with Gasteiger partial charge in [-0.1, -0.05) is 0 Å². The molecule has 0 heterocycles. The second-order valence-electron chi connectivity index (χ2n) is 4.83. The van der Waals surface area contributed by atoms with E-state index in [2.05, 4.69) is 0 Å². The van der Waals surface area contributed by atoms with Crippen LogP contribution >= 0.6 is 10.7 Å². The van der Waals surface area contributed by atoms with Crippen LogP contribution in [-0.4, -0.2) is 32.8 Å². The second-order valence-corrected chi connectivity index (χ2v) is 7.40. The fraction of sp³-hybridized carbons (Fsp3) is 0.417. The third kappa shape index (κ3) is 3.27. The van der Waals surface area contributed by atoms with Crippen LogP contribution in [0.1, 0.15) is 23.2 Å². The summed E-state index contributed by atoms with van der Waals surface area (Å²) in [6.07, 6.45) is 1.98. The van der Waals surface area contributed by atoms with Gasteiger partial charge in [-0.3, -0.25) is 4.79 Å². The standard InChI is InChI=1S/C12H12ClF2NO3S/c1-16(6-7-2-3-7)12(17)9-4-8(20(13,18)19)5-10(14)11(9)15/h4-5,7H,2-3,6H2,1H3. The third-order valence-electron chi connectivity index (χ3n) is 3.09. The molecule has 4 nitrogen and oxygen atoms in total. The van der Waals surface area contributed by atoms with Gasteiger partial charge in [0.05, 0.1) is 10.5 Å². The molecule has 1 saturated carbocycles. The van der Waals surface area contributed by atoms with Gasteiger partial charge in [0.2, 0.25) is 0 Å². The lowest BCUT2D eigenvalue weighted by Gasteiger charge is -2.17. The van der Waals surface area contributed by atoms with Crippen molar-refractivity contribution in [3.8, 4) is 0 Å². The molecule has 0 saturated heterocycles. The molecule has 0 N–H and O–H groups in total. The Morgan fingerprint density at radius 1 is 1.40 bits per heavy atom. The highest BCUT2D eigenvalue weighted by Crippen LogP contribution is 2.30. The van der Waals surface area contributed by atoms with E-state index < -0.39 is 37.1 Å². The van der Waals surface area contributed by atoms with Crippen LogP contribution in [0.15, 0.2) is 17.0 Å². The summed E-state index contributed by atoms with van der Waals surface area (Å²) in [5.41, 5.74) is -0.632. The molecule has 8 heteroatoms. The molecule has 0 aliphatic heterocycles. The van der Waals surface area contributed by atoms with Gasteiger partial charge in [-0.15, -0.1) is 0 Å². The smallest absolute Gasteiger partial charge is 0.261 e. The molecule has 0 aromatic heterocycles. The quantitative estimate of drug-likeness (QED) is 0.799. The molecule has 1 aromatic carbocycles. The van der Waals surface area contributed by atoms with Crippen LogP contribution in [0.2, 0.25) is 0 Å². The highest BCUT2D eigenvalue weighted by Gasteiger charge is 2.28. The molecule has 0 spiro atoms. The molecule has 1 amide bonds. The van der Waals surface area contributed by atoms with Gasteiger partial charge in [0.15, 0.2) is 11.6 Å². The Morgan fingerprint density at radius 3 is 2.50 bits per heavy atom. The van der Waals surface area contributed by atoms with Crippen LogP contribution in [0.5, 0.6) is 0 Å². The van der Waals surface area contributed by atoms with Crippen LogP contribution in [0.25, 0.3) is 0 Å². The number of benzene rings is 1. The summed E-state index contributed by atoms with van der Waals surface area (Å²) >= 11 is 0. The summed E-state index contributed by atoms with van der Waals surface area (Å²) in [6, 6.07) is 1.21. The Balaban J connectivity index is 2.38. The van der Waals surface area contributed by atoms with Crippen molar-refractivity contribution in [1.29, 1.82) is 0 Å². The lowest BCUT2D eigenvalue weighted by molar-refractivity contribution is 0.0782. The number of amides is 1. The maximum atomic E-state index is 13.7. The number of carbonyl (C=O) groups is 1. The summed E-state index contributed by atoms with van der Waals surface area (Å²) < 4.78 is 49.4. The number of hydrogen-bond donors (Lipinski definition) is 0. The SMILES string of the molecule is CN(CC1CC1)C(=O)c1cc(S(=O)(=O)Cl)cc(F)c1F. The third-order valence-corrected chi connectivity index (χ3v) is 4.42. The topological polar surface area (TPSA) is 54.5 Å². The molecule has 0 bridgehead atoms. The van der Waals surface area contributed by atoms with Crippen LogP contribution in [0.4, 0.5) is 8.78 Å². The summed E-state index contributed by atoms with van der Waals surface area (Å²) in [5.74, 6) is -3.19. The lowest BCUT2D eigenvalue weighted by atomic mass is 10.1. The van der Waals surface area contributed by atoms with Crippen LogP contribution < -0.4 is 0 Å². The van der Waals surface area contributed by atoms with Crippen molar-refractivity contribution >= 4 is 25.6 Å². The minimum Gasteiger partial charge on any atom is -0.341 e. The van der Waals surface area contributed by atoms with E-state index in [1.165, 1.54) is 11.9 Å². The predicted molar refractivity (Wildman–Crippen MR) is 69.1 cm³/mol. The van der Waals surface area contributed by atoms with E-state index in [0.717, 1.165) is 18.9 Å². The molecule has 0 atom stereocenters. The van der Waals surface area contributed by atoms with Gasteiger partial charge >= 0.3 is 0 Å². The Kier molecular flexibility index (Phi) is 4.02. The van der Waals surface area contributed by atoms with Crippen molar-refractivity contribution < 1.29 is 22.0 Å². The zero-order valence-electron chi connectivity index (χ0n) is 10.6. The van der Waals surface area contributed by atoms with Gasteiger partial charge in [0, 0.05) is 24.3 Å². The molecule has 2 rings (SSSR count). The van der Waals surface area contributed by atoms with E-state index in [1.54, 1.807) is 0 Å². The first-order valence-electron chi connectivity index (χ1n) is 5.89. The van der Waals surface area contributed by atoms with Crippen molar-refractivity contribution in [2.24, 2.45) is 5.92 Å². The molecule has 20 heavy (non-hydrogen) atoms. The zero-order chi connectivity index (χ0) is 15.1. The molecular formula is C12H12ClF2NO3S. The fourth-order valence-corrected chi connectivity index (χ4v) is 2.61. The molecule has 1 aromatic rings. The maximum Gasteiger partial charge on any atom is 0.261 e. The van der Waals surface area contributed by atoms with Gasteiger partial charge in [-0.05, 0) is 30.9 Å². The van der Waals surface area contributed by atoms with E-state index in [4.69, 9.17) is 10.7 Å². The van der Waals surface area contributed by atoms with Crippen molar-refractivity contribution in [3.05, 3.63) is 29.3 Å². The van der Waals surface area contributed by atoms with Crippen molar-refractivity contribution in [3.63, 3.8) is 0 Å². The zero-order valence-corrected chi connectivity index (χ0v) is 12.1. The van der Waals surface area contributed by atoms with Crippen LogP contribution in [-0.2, 0) is 9.05 Å². The Bertz CT molecular complexity index is 659. The molecule has 1 aliphatic carbocycles. The largest absolute Gasteiger partial charge is 0.341 e. The van der Waals surface area contributed by atoms with Gasteiger partial charge in [-0.2, -0.15) is 0 Å². The minimum absolute atomic E-state index is 0.372. The highest BCUT2D eigenvalue weighted by atomic mass is 35.7. The number of carbonyl (C=O) groups excluding carboxylic acids is 1. The first-order valence-corrected chi connectivity index (χ1v) is 8.20. The first kappa shape index (κ1) is 15.2. The minimum atomic E-state index is -4.24. The second kappa shape index (κ2) is 5.29. The fourth-order valence-electron chi connectivity index (χ4n) is 1.84. The predicted octanol–water partition coefficient (Wildman–Crippen LogP) is 2.37. The molecule has 0 radical (unpaired) electrons. The molecule has 110 valence electrons. The number of rotatable bonds is 4. The monoisotopic (exact) mass is 323 g/mol. The van der Waals surface area contributed by atoms with E-state index in [0.29, 0.717) is 18.5 Å². The molecule has 0 unspecified atom stereocenters. The van der Waals surface area contributed by atoms with Crippen molar-refractivity contribution in [2.45, 2.75) is 17.7 Å². The van der Waals surface area contributed by atoms with Crippen LogP contribution in [0, 0.1) is 17.6 Å². The molecule has 1 aliphatic rings. The Hall–Kier alpha value is -1.21. The normalized spacial score (nSPS) is 15.2. The van der Waals surface area contributed by atoms with Gasteiger partial charge in [0.25, 0.3) is 15.0 Å². The number of halogens is 3. The highest BCUT2D eigenvalue weighted by molar-refractivity contribution is 8.13. The molecular weight excluding hydrogens is 312 g/mol. The first-order chi connectivity index (χ1) is 9.20. The van der Waals surface area contributed by atoms with E-state index >= 15 is 0 Å². The summed E-state index contributed by atoms with van der Waals surface area (Å²) in [6.45, 7) is 0.428. The number of hydrogen-bond acceptors (Lipinski definition) is 3. The molecule has 1 fully saturated rings. The average Bonchev–Trinajstić information content (AvgIpc) is 3.14. The van der Waals surface area contributed by atoms with Gasteiger partial charge < -0.3 is 4.90 Å².